The molecule has 1 unspecified atom stereocenters. The minimum Gasteiger partial charge on any atom is -0.370 e. The Morgan fingerprint density at radius 1 is 1.57 bits per heavy atom. The maximum absolute atomic E-state index is 11.0. The number of carbonyl (C=O) groups is 1. The van der Waals surface area contributed by atoms with E-state index in [0.29, 0.717) is 25.4 Å². The third kappa shape index (κ3) is 9.63. The lowest BCUT2D eigenvalue weighted by Crippen LogP contribution is -2.29. The predicted molar refractivity (Wildman–Crippen MR) is 56.4 cm³/mol. The summed E-state index contributed by atoms with van der Waals surface area (Å²) in [4.78, 5) is 11.0. The van der Waals surface area contributed by atoms with Gasteiger partial charge in [-0.1, -0.05) is 0 Å². The quantitative estimate of drug-likeness (QED) is 0.508. The van der Waals surface area contributed by atoms with E-state index in [1.165, 1.54) is 0 Å². The molecule has 0 fully saturated rings. The maximum Gasteiger partial charge on any atom is 0.245 e. The Bertz CT molecular complexity index is 187. The van der Waals surface area contributed by atoms with Gasteiger partial charge in [0.25, 0.3) is 0 Å². The second-order valence-corrected chi connectivity index (χ2v) is 4.38. The molecule has 84 valence electrons. The molecule has 0 heterocycles. The minimum atomic E-state index is -0.786. The Morgan fingerprint density at radius 3 is 2.86 bits per heavy atom. The molecule has 0 spiro atoms. The van der Waals surface area contributed by atoms with Crippen molar-refractivity contribution in [3.05, 3.63) is 0 Å². The standard InChI is InChI=1S/C8H18N2O3S/c1-14(12)6-2-4-10-8(11)7-13-5-3-9/h2-7,9H2,1H3,(H,10,11). The molecule has 1 atom stereocenters. The number of rotatable bonds is 8. The van der Waals surface area contributed by atoms with Crippen LogP contribution in [0.2, 0.25) is 0 Å². The molecule has 1 amide bonds. The van der Waals surface area contributed by atoms with E-state index < -0.39 is 10.8 Å². The van der Waals surface area contributed by atoms with Gasteiger partial charge in [-0.2, -0.15) is 0 Å². The highest BCUT2D eigenvalue weighted by atomic mass is 32.2. The van der Waals surface area contributed by atoms with Gasteiger partial charge in [0.15, 0.2) is 0 Å². The summed E-state index contributed by atoms with van der Waals surface area (Å²) < 4.78 is 15.6. The van der Waals surface area contributed by atoms with Gasteiger partial charge >= 0.3 is 0 Å². The number of nitrogens with one attached hydrogen (secondary N) is 1. The fourth-order valence-corrected chi connectivity index (χ4v) is 1.35. The molecular weight excluding hydrogens is 204 g/mol. The molecule has 0 aliphatic rings. The largest absolute Gasteiger partial charge is 0.370 e. The molecule has 0 saturated carbocycles. The molecule has 0 bridgehead atoms. The van der Waals surface area contributed by atoms with Crippen LogP contribution in [0.15, 0.2) is 0 Å². The van der Waals surface area contributed by atoms with Crippen LogP contribution in [0.3, 0.4) is 0 Å². The van der Waals surface area contributed by atoms with E-state index in [2.05, 4.69) is 5.32 Å². The summed E-state index contributed by atoms with van der Waals surface area (Å²) in [6.45, 7) is 1.41. The van der Waals surface area contributed by atoms with Crippen LogP contribution in [0.4, 0.5) is 0 Å². The zero-order chi connectivity index (χ0) is 10.8. The monoisotopic (exact) mass is 222 g/mol. The van der Waals surface area contributed by atoms with Gasteiger partial charge in [-0.15, -0.1) is 0 Å². The number of hydrogen-bond acceptors (Lipinski definition) is 4. The zero-order valence-electron chi connectivity index (χ0n) is 8.45. The first-order valence-electron chi connectivity index (χ1n) is 4.51. The molecule has 0 aromatic rings. The van der Waals surface area contributed by atoms with E-state index in [4.69, 9.17) is 10.5 Å². The molecule has 5 nitrogen and oxygen atoms in total. The fraction of sp³-hybridized carbons (Fsp3) is 0.875. The number of hydrogen-bond donors (Lipinski definition) is 2. The Kier molecular flexibility index (Phi) is 8.81. The molecule has 0 radical (unpaired) electrons. The molecule has 0 rings (SSSR count). The predicted octanol–water partition coefficient (Wildman–Crippen LogP) is -1.15. The first kappa shape index (κ1) is 13.5. The van der Waals surface area contributed by atoms with Crippen molar-refractivity contribution < 1.29 is 13.7 Å². The van der Waals surface area contributed by atoms with E-state index in [1.54, 1.807) is 6.26 Å². The Labute approximate surface area is 86.8 Å². The van der Waals surface area contributed by atoms with Gasteiger partial charge in [-0.3, -0.25) is 9.00 Å². The van der Waals surface area contributed by atoms with Gasteiger partial charge in [0, 0.05) is 35.9 Å². The van der Waals surface area contributed by atoms with Crippen LogP contribution >= 0.6 is 0 Å². The lowest BCUT2D eigenvalue weighted by molar-refractivity contribution is -0.125. The third-order valence-corrected chi connectivity index (χ3v) is 2.29. The molecule has 0 aromatic heterocycles. The van der Waals surface area contributed by atoms with Crippen LogP contribution in [0.5, 0.6) is 0 Å². The van der Waals surface area contributed by atoms with Gasteiger partial charge < -0.3 is 15.8 Å². The van der Waals surface area contributed by atoms with Crippen LogP contribution < -0.4 is 11.1 Å². The molecule has 14 heavy (non-hydrogen) atoms. The number of amides is 1. The van der Waals surface area contributed by atoms with Gasteiger partial charge in [-0.25, -0.2) is 0 Å². The van der Waals surface area contributed by atoms with Crippen molar-refractivity contribution in [1.29, 1.82) is 0 Å². The van der Waals surface area contributed by atoms with E-state index >= 15 is 0 Å². The summed E-state index contributed by atoms with van der Waals surface area (Å²) in [5.74, 6) is 0.463. The fourth-order valence-electron chi connectivity index (χ4n) is 0.802. The van der Waals surface area contributed by atoms with Crippen LogP contribution in [0.1, 0.15) is 6.42 Å². The van der Waals surface area contributed by atoms with Crippen LogP contribution in [-0.4, -0.2) is 48.4 Å². The lowest BCUT2D eigenvalue weighted by atomic mass is 10.4. The molecule has 3 N–H and O–H groups in total. The van der Waals surface area contributed by atoms with Crippen molar-refractivity contribution in [2.24, 2.45) is 5.73 Å². The first-order valence-corrected chi connectivity index (χ1v) is 6.24. The minimum absolute atomic E-state index is 0.0480. The Balaban J connectivity index is 3.22. The van der Waals surface area contributed by atoms with Gasteiger partial charge in [0.2, 0.25) is 5.91 Å². The summed E-state index contributed by atoms with van der Waals surface area (Å²) in [7, 11) is -0.786. The van der Waals surface area contributed by atoms with Crippen LogP contribution in [0.25, 0.3) is 0 Å². The highest BCUT2D eigenvalue weighted by molar-refractivity contribution is 7.84. The van der Waals surface area contributed by atoms with Crippen molar-refractivity contribution >= 4 is 16.7 Å². The van der Waals surface area contributed by atoms with Crippen molar-refractivity contribution in [2.75, 3.05) is 38.3 Å². The highest BCUT2D eigenvalue weighted by Crippen LogP contribution is 1.82. The normalized spacial score (nSPS) is 12.4. The van der Waals surface area contributed by atoms with E-state index in [9.17, 15) is 9.00 Å². The molecule has 6 heteroatoms. The molecular formula is C8H18N2O3S. The smallest absolute Gasteiger partial charge is 0.245 e. The first-order chi connectivity index (χ1) is 6.66. The van der Waals surface area contributed by atoms with E-state index in [1.807, 2.05) is 0 Å². The van der Waals surface area contributed by atoms with Crippen LogP contribution in [0, 0.1) is 0 Å². The van der Waals surface area contributed by atoms with Crippen LogP contribution in [-0.2, 0) is 20.3 Å². The summed E-state index contributed by atoms with van der Waals surface area (Å²) in [5.41, 5.74) is 5.18. The lowest BCUT2D eigenvalue weighted by Gasteiger charge is -2.04. The Hall–Kier alpha value is -0.460. The average molecular weight is 222 g/mol. The highest BCUT2D eigenvalue weighted by Gasteiger charge is 1.99. The number of ether oxygens (including phenoxy) is 1. The van der Waals surface area contributed by atoms with Gasteiger partial charge in [-0.05, 0) is 6.42 Å². The second kappa shape index (κ2) is 9.11. The summed E-state index contributed by atoms with van der Waals surface area (Å²) >= 11 is 0. The molecule has 0 aliphatic carbocycles. The topological polar surface area (TPSA) is 81.4 Å². The van der Waals surface area contributed by atoms with E-state index in [-0.39, 0.29) is 12.5 Å². The van der Waals surface area contributed by atoms with Crippen molar-refractivity contribution in [1.82, 2.24) is 5.32 Å². The van der Waals surface area contributed by atoms with Gasteiger partial charge in [0.05, 0.1) is 6.61 Å². The second-order valence-electron chi connectivity index (χ2n) is 2.82. The molecule has 0 aromatic carbocycles. The summed E-state index contributed by atoms with van der Waals surface area (Å²) in [5, 5.41) is 2.66. The molecule has 0 aliphatic heterocycles. The zero-order valence-corrected chi connectivity index (χ0v) is 9.27. The third-order valence-electron chi connectivity index (χ3n) is 1.43. The van der Waals surface area contributed by atoms with Gasteiger partial charge in [0.1, 0.15) is 6.61 Å². The number of nitrogens with two attached hydrogens (primary N) is 1. The molecule has 0 saturated heterocycles. The Morgan fingerprint density at radius 2 is 2.29 bits per heavy atom. The van der Waals surface area contributed by atoms with E-state index in [0.717, 1.165) is 6.42 Å². The summed E-state index contributed by atoms with van der Waals surface area (Å²) in [6.07, 6.45) is 2.37. The van der Waals surface area contributed by atoms with Crippen molar-refractivity contribution in [2.45, 2.75) is 6.42 Å². The van der Waals surface area contributed by atoms with Crippen molar-refractivity contribution in [3.8, 4) is 0 Å². The average Bonchev–Trinajstić information content (AvgIpc) is 2.13. The maximum atomic E-state index is 11.0. The van der Waals surface area contributed by atoms with Crippen molar-refractivity contribution in [3.63, 3.8) is 0 Å². The summed E-state index contributed by atoms with van der Waals surface area (Å²) in [6, 6.07) is 0. The SMILES string of the molecule is CS(=O)CCCNC(=O)COCCN. The number of carbonyl (C=O) groups excluding carboxylic acids is 1.